The molecule has 2 N–H and O–H groups in total. The molecule has 32 heavy (non-hydrogen) atoms. The molecular weight excluding hydrogens is 408 g/mol. The smallest absolute Gasteiger partial charge is 0.255 e. The van der Waals surface area contributed by atoms with Crippen LogP contribution in [0.5, 0.6) is 5.75 Å². The third-order valence-corrected chi connectivity index (χ3v) is 6.55. The van der Waals surface area contributed by atoms with Crippen LogP contribution < -0.4 is 15.4 Å². The lowest BCUT2D eigenvalue weighted by atomic mass is 10.0. The Labute approximate surface area is 186 Å². The van der Waals surface area contributed by atoms with E-state index in [-0.39, 0.29) is 30.4 Å². The van der Waals surface area contributed by atoms with Crippen molar-refractivity contribution in [3.05, 3.63) is 59.4 Å². The molecule has 1 aromatic carbocycles. The van der Waals surface area contributed by atoms with Gasteiger partial charge in [-0.05, 0) is 67.1 Å². The largest absolute Gasteiger partial charge is 0.489 e. The fourth-order valence-electron chi connectivity index (χ4n) is 4.85. The number of imide groups is 1. The van der Waals surface area contributed by atoms with E-state index in [0.717, 1.165) is 37.1 Å². The Hall–Kier alpha value is -3.26. The second-order valence-corrected chi connectivity index (χ2v) is 8.65. The zero-order valence-electron chi connectivity index (χ0n) is 17.8. The SMILES string of the molecule is O=C1CCC(N2Cc3cc(O[C@@H]4CCC[C@H]4NCc4ccncc4)ccc3C2=O)C(=O)N1. The summed E-state index contributed by atoms with van der Waals surface area (Å²) >= 11 is 0. The van der Waals surface area contributed by atoms with Crippen molar-refractivity contribution in [2.24, 2.45) is 0 Å². The number of carbonyl (C=O) groups is 3. The van der Waals surface area contributed by atoms with Crippen LogP contribution in [0.4, 0.5) is 0 Å². The molecule has 1 unspecified atom stereocenters. The van der Waals surface area contributed by atoms with Gasteiger partial charge in [-0.15, -0.1) is 0 Å². The Kier molecular flexibility index (Phi) is 5.61. The first-order chi connectivity index (χ1) is 15.6. The summed E-state index contributed by atoms with van der Waals surface area (Å²) in [6.07, 6.45) is 7.41. The number of amides is 3. The number of aromatic nitrogens is 1. The number of pyridine rings is 1. The van der Waals surface area contributed by atoms with Gasteiger partial charge in [-0.3, -0.25) is 24.7 Å². The number of rotatable bonds is 6. The predicted octanol–water partition coefficient (Wildman–Crippen LogP) is 1.93. The fourth-order valence-corrected chi connectivity index (χ4v) is 4.85. The van der Waals surface area contributed by atoms with Gasteiger partial charge in [-0.25, -0.2) is 0 Å². The van der Waals surface area contributed by atoms with Crippen molar-refractivity contribution in [1.29, 1.82) is 0 Å². The normalized spacial score (nSPS) is 25.1. The van der Waals surface area contributed by atoms with Crippen molar-refractivity contribution >= 4 is 17.7 Å². The quantitative estimate of drug-likeness (QED) is 0.674. The summed E-state index contributed by atoms with van der Waals surface area (Å²) in [4.78, 5) is 42.1. The maximum Gasteiger partial charge on any atom is 0.255 e. The van der Waals surface area contributed by atoms with E-state index in [9.17, 15) is 14.4 Å². The highest BCUT2D eigenvalue weighted by atomic mass is 16.5. The van der Waals surface area contributed by atoms with Crippen LogP contribution in [0.15, 0.2) is 42.7 Å². The summed E-state index contributed by atoms with van der Waals surface area (Å²) < 4.78 is 6.32. The molecule has 2 fully saturated rings. The molecule has 3 heterocycles. The number of hydrogen-bond donors (Lipinski definition) is 2. The third kappa shape index (κ3) is 4.10. The van der Waals surface area contributed by atoms with Crippen molar-refractivity contribution in [2.75, 3.05) is 0 Å². The van der Waals surface area contributed by atoms with Crippen molar-refractivity contribution in [1.82, 2.24) is 20.5 Å². The van der Waals surface area contributed by atoms with Gasteiger partial charge in [0.05, 0.1) is 0 Å². The first kappa shape index (κ1) is 20.6. The lowest BCUT2D eigenvalue weighted by Gasteiger charge is -2.29. The summed E-state index contributed by atoms with van der Waals surface area (Å²) in [6, 6.07) is 9.20. The second-order valence-electron chi connectivity index (χ2n) is 8.65. The molecule has 0 bridgehead atoms. The van der Waals surface area contributed by atoms with Crippen LogP contribution in [-0.4, -0.2) is 45.8 Å². The van der Waals surface area contributed by atoms with E-state index in [1.54, 1.807) is 23.4 Å². The zero-order chi connectivity index (χ0) is 22.1. The van der Waals surface area contributed by atoms with Gasteiger partial charge in [0.1, 0.15) is 17.9 Å². The highest BCUT2D eigenvalue weighted by molar-refractivity contribution is 6.05. The molecule has 0 spiro atoms. The van der Waals surface area contributed by atoms with Crippen LogP contribution in [0.3, 0.4) is 0 Å². The number of ether oxygens (including phenoxy) is 1. The highest BCUT2D eigenvalue weighted by Crippen LogP contribution is 2.32. The first-order valence-electron chi connectivity index (χ1n) is 11.1. The predicted molar refractivity (Wildman–Crippen MR) is 116 cm³/mol. The molecule has 3 amide bonds. The Balaban J connectivity index is 1.24. The molecule has 2 aromatic rings. The third-order valence-electron chi connectivity index (χ3n) is 6.55. The number of nitrogens with zero attached hydrogens (tertiary/aromatic N) is 2. The van der Waals surface area contributed by atoms with Gasteiger partial charge in [0.2, 0.25) is 11.8 Å². The molecular formula is C24H26N4O4. The first-order valence-corrected chi connectivity index (χ1v) is 11.1. The van der Waals surface area contributed by atoms with Crippen molar-refractivity contribution in [3.8, 4) is 5.75 Å². The Morgan fingerprint density at radius 1 is 1.09 bits per heavy atom. The van der Waals surface area contributed by atoms with Crippen LogP contribution in [0.2, 0.25) is 0 Å². The van der Waals surface area contributed by atoms with Gasteiger partial charge >= 0.3 is 0 Å². The van der Waals surface area contributed by atoms with Crippen LogP contribution in [-0.2, 0) is 22.7 Å². The Morgan fingerprint density at radius 3 is 2.75 bits per heavy atom. The molecule has 1 saturated heterocycles. The molecule has 1 aromatic heterocycles. The minimum absolute atomic E-state index is 0.0678. The fraction of sp³-hybridized carbons (Fsp3) is 0.417. The molecule has 3 atom stereocenters. The summed E-state index contributed by atoms with van der Waals surface area (Å²) in [5, 5.41) is 5.93. The number of carbonyl (C=O) groups excluding carboxylic acids is 3. The molecule has 0 radical (unpaired) electrons. The number of benzene rings is 1. The standard InChI is InChI=1S/C24H26N4O4/c29-22-7-6-20(23(30)27-22)28-14-16-12-17(4-5-18(16)24(28)31)32-21-3-1-2-19(21)26-13-15-8-10-25-11-9-15/h4-5,8-12,19-21,26H,1-3,6-7,13-14H2,(H,27,29,30)/t19-,20?,21-/m1/s1. The van der Waals surface area contributed by atoms with Crippen LogP contribution in [0, 0.1) is 0 Å². The lowest BCUT2D eigenvalue weighted by molar-refractivity contribution is -0.136. The van der Waals surface area contributed by atoms with Gasteiger partial charge in [-0.1, -0.05) is 0 Å². The van der Waals surface area contributed by atoms with E-state index in [0.29, 0.717) is 18.5 Å². The Morgan fingerprint density at radius 2 is 1.94 bits per heavy atom. The minimum atomic E-state index is -0.603. The molecule has 1 saturated carbocycles. The van der Waals surface area contributed by atoms with Gasteiger partial charge in [0.25, 0.3) is 5.91 Å². The summed E-state index contributed by atoms with van der Waals surface area (Å²) in [6.45, 7) is 1.12. The molecule has 166 valence electrons. The molecule has 8 nitrogen and oxygen atoms in total. The highest BCUT2D eigenvalue weighted by Gasteiger charge is 2.39. The monoisotopic (exact) mass is 434 g/mol. The summed E-state index contributed by atoms with van der Waals surface area (Å²) in [5.41, 5.74) is 2.65. The van der Waals surface area contributed by atoms with E-state index in [2.05, 4.69) is 15.6 Å². The molecule has 8 heteroatoms. The molecule has 1 aliphatic carbocycles. The Bertz CT molecular complexity index is 1040. The van der Waals surface area contributed by atoms with Crippen molar-refractivity contribution < 1.29 is 19.1 Å². The van der Waals surface area contributed by atoms with Crippen LogP contribution in [0.25, 0.3) is 0 Å². The zero-order valence-corrected chi connectivity index (χ0v) is 17.8. The lowest BCUT2D eigenvalue weighted by Crippen LogP contribution is -2.52. The maximum atomic E-state index is 12.9. The summed E-state index contributed by atoms with van der Waals surface area (Å²) in [7, 11) is 0. The summed E-state index contributed by atoms with van der Waals surface area (Å²) in [5.74, 6) is -0.106. The van der Waals surface area contributed by atoms with E-state index in [1.165, 1.54) is 5.56 Å². The minimum Gasteiger partial charge on any atom is -0.489 e. The van der Waals surface area contributed by atoms with E-state index in [1.807, 2.05) is 24.3 Å². The van der Waals surface area contributed by atoms with Gasteiger partial charge in [0.15, 0.2) is 0 Å². The average molecular weight is 434 g/mol. The van der Waals surface area contributed by atoms with E-state index < -0.39 is 11.9 Å². The number of piperidine rings is 1. The van der Waals surface area contributed by atoms with Crippen LogP contribution >= 0.6 is 0 Å². The van der Waals surface area contributed by atoms with E-state index in [4.69, 9.17) is 4.74 Å². The number of fused-ring (bicyclic) bond motifs is 1. The van der Waals surface area contributed by atoms with Gasteiger partial charge < -0.3 is 15.0 Å². The van der Waals surface area contributed by atoms with Gasteiger partial charge in [-0.2, -0.15) is 0 Å². The van der Waals surface area contributed by atoms with Crippen molar-refractivity contribution in [3.63, 3.8) is 0 Å². The topological polar surface area (TPSA) is 101 Å². The average Bonchev–Trinajstić information content (AvgIpc) is 3.37. The van der Waals surface area contributed by atoms with Crippen molar-refractivity contribution in [2.45, 2.75) is 63.4 Å². The molecule has 2 aliphatic heterocycles. The molecule has 3 aliphatic rings. The number of nitrogens with one attached hydrogen (secondary N) is 2. The number of hydrogen-bond acceptors (Lipinski definition) is 6. The van der Waals surface area contributed by atoms with Crippen LogP contribution in [0.1, 0.15) is 53.6 Å². The van der Waals surface area contributed by atoms with Gasteiger partial charge in [0, 0.05) is 43.5 Å². The maximum absolute atomic E-state index is 12.9. The second kappa shape index (κ2) is 8.70. The van der Waals surface area contributed by atoms with E-state index >= 15 is 0 Å². The molecule has 5 rings (SSSR count).